The molecule has 0 amide bonds. The van der Waals surface area contributed by atoms with Crippen molar-refractivity contribution < 1.29 is 13.6 Å². The summed E-state index contributed by atoms with van der Waals surface area (Å²) >= 11 is 1.53. The summed E-state index contributed by atoms with van der Waals surface area (Å²) in [4.78, 5) is 0. The van der Waals surface area contributed by atoms with Crippen molar-refractivity contribution in [3.63, 3.8) is 0 Å². The lowest BCUT2D eigenvalue weighted by atomic mass is 10.1. The van der Waals surface area contributed by atoms with Gasteiger partial charge in [-0.3, -0.25) is 4.57 Å². The van der Waals surface area contributed by atoms with Crippen LogP contribution in [0.4, 0.5) is 0 Å². The van der Waals surface area contributed by atoms with E-state index in [-0.39, 0.29) is 0 Å². The Balaban J connectivity index is 2.44. The molecule has 106 valence electrons. The summed E-state index contributed by atoms with van der Waals surface area (Å²) in [5.74, 6) is 0.716. The van der Waals surface area contributed by atoms with Gasteiger partial charge < -0.3 is 9.05 Å². The fraction of sp³-hybridized carbons (Fsp3) is 0.429. The van der Waals surface area contributed by atoms with Crippen LogP contribution in [0.2, 0.25) is 0 Å². The van der Waals surface area contributed by atoms with Gasteiger partial charge >= 0.3 is 7.60 Å². The van der Waals surface area contributed by atoms with Crippen molar-refractivity contribution in [2.75, 3.05) is 24.5 Å². The number of hydrogen-bond donors (Lipinski definition) is 0. The first-order valence-electron chi connectivity index (χ1n) is 6.30. The first kappa shape index (κ1) is 16.5. The summed E-state index contributed by atoms with van der Waals surface area (Å²) in [6.07, 6.45) is 0. The SMILES string of the molecule is C=C(CSCP(=O)(OCC)OCC)c1ccccc1. The van der Waals surface area contributed by atoms with Gasteiger partial charge in [-0.25, -0.2) is 0 Å². The van der Waals surface area contributed by atoms with Crippen LogP contribution in [0.5, 0.6) is 0 Å². The van der Waals surface area contributed by atoms with Crippen LogP contribution >= 0.6 is 19.4 Å². The summed E-state index contributed by atoms with van der Waals surface area (Å²) in [6.45, 7) is 8.48. The molecular formula is C14H21O3PS. The molecular weight excluding hydrogens is 279 g/mol. The molecule has 3 nitrogen and oxygen atoms in total. The van der Waals surface area contributed by atoms with E-state index in [1.807, 2.05) is 44.2 Å². The van der Waals surface area contributed by atoms with Crippen LogP contribution in [-0.2, 0) is 13.6 Å². The molecule has 0 unspecified atom stereocenters. The highest BCUT2D eigenvalue weighted by atomic mass is 32.2. The Morgan fingerprint density at radius 3 is 2.32 bits per heavy atom. The molecule has 0 aliphatic heterocycles. The maximum absolute atomic E-state index is 12.2. The van der Waals surface area contributed by atoms with Gasteiger partial charge in [0.15, 0.2) is 0 Å². The van der Waals surface area contributed by atoms with Gasteiger partial charge in [0, 0.05) is 5.75 Å². The van der Waals surface area contributed by atoms with Gasteiger partial charge in [0.1, 0.15) is 0 Å². The fourth-order valence-electron chi connectivity index (χ4n) is 1.54. The summed E-state index contributed by atoms with van der Waals surface area (Å²) in [7, 11) is -2.95. The van der Waals surface area contributed by atoms with E-state index >= 15 is 0 Å². The van der Waals surface area contributed by atoms with Gasteiger partial charge in [-0.15, -0.1) is 11.8 Å². The molecule has 0 spiro atoms. The monoisotopic (exact) mass is 300 g/mol. The topological polar surface area (TPSA) is 35.5 Å². The Labute approximate surface area is 119 Å². The number of thioether (sulfide) groups is 1. The molecule has 0 heterocycles. The van der Waals surface area contributed by atoms with Crippen LogP contribution in [0.25, 0.3) is 5.57 Å². The van der Waals surface area contributed by atoms with Gasteiger partial charge in [-0.1, -0.05) is 36.9 Å². The first-order chi connectivity index (χ1) is 9.11. The predicted octanol–water partition coefficient (Wildman–Crippen LogP) is 4.66. The molecule has 0 bridgehead atoms. The van der Waals surface area contributed by atoms with Crippen molar-refractivity contribution in [3.8, 4) is 0 Å². The maximum Gasteiger partial charge on any atom is 0.340 e. The molecule has 19 heavy (non-hydrogen) atoms. The molecule has 0 saturated carbocycles. The molecule has 0 N–H and O–H groups in total. The Morgan fingerprint density at radius 2 is 1.79 bits per heavy atom. The van der Waals surface area contributed by atoms with Crippen molar-refractivity contribution in [1.82, 2.24) is 0 Å². The molecule has 0 radical (unpaired) electrons. The Kier molecular flexibility index (Phi) is 7.47. The summed E-state index contributed by atoms with van der Waals surface area (Å²) < 4.78 is 22.7. The zero-order valence-corrected chi connectivity index (χ0v) is 13.2. The molecule has 5 heteroatoms. The smallest absolute Gasteiger partial charge is 0.308 e. The third-order valence-electron chi connectivity index (χ3n) is 2.36. The second-order valence-electron chi connectivity index (χ2n) is 3.89. The lowest BCUT2D eigenvalue weighted by molar-refractivity contribution is 0.224. The van der Waals surface area contributed by atoms with E-state index in [2.05, 4.69) is 6.58 Å². The summed E-state index contributed by atoms with van der Waals surface area (Å²) in [6, 6.07) is 9.98. The van der Waals surface area contributed by atoms with Crippen LogP contribution < -0.4 is 0 Å². The van der Waals surface area contributed by atoms with Crippen molar-refractivity contribution in [3.05, 3.63) is 42.5 Å². The second kappa shape index (κ2) is 8.60. The van der Waals surface area contributed by atoms with Crippen LogP contribution in [0, 0.1) is 0 Å². The predicted molar refractivity (Wildman–Crippen MR) is 83.7 cm³/mol. The van der Waals surface area contributed by atoms with Crippen LogP contribution in [0.1, 0.15) is 19.4 Å². The van der Waals surface area contributed by atoms with Gasteiger partial charge in [-0.05, 0) is 25.0 Å². The third kappa shape index (κ3) is 5.96. The molecule has 0 aliphatic rings. The van der Waals surface area contributed by atoms with Crippen molar-refractivity contribution in [2.24, 2.45) is 0 Å². The molecule has 1 aromatic rings. The Hall–Kier alpha value is -0.540. The third-order valence-corrected chi connectivity index (χ3v) is 6.21. The lowest BCUT2D eigenvalue weighted by Gasteiger charge is -2.16. The van der Waals surface area contributed by atoms with E-state index in [4.69, 9.17) is 9.05 Å². The van der Waals surface area contributed by atoms with E-state index in [0.29, 0.717) is 24.5 Å². The molecule has 0 fully saturated rings. The van der Waals surface area contributed by atoms with Crippen LogP contribution in [0.15, 0.2) is 36.9 Å². The Morgan fingerprint density at radius 1 is 1.21 bits per heavy atom. The number of hydrogen-bond acceptors (Lipinski definition) is 4. The minimum absolute atomic E-state index is 0.362. The molecule has 0 aliphatic carbocycles. The molecule has 1 rings (SSSR count). The second-order valence-corrected chi connectivity index (χ2v) is 7.36. The highest BCUT2D eigenvalue weighted by molar-refractivity contribution is 8.04. The average molecular weight is 300 g/mol. The van der Waals surface area contributed by atoms with E-state index in [0.717, 1.165) is 11.1 Å². The molecule has 0 atom stereocenters. The van der Waals surface area contributed by atoms with E-state index in [1.165, 1.54) is 11.8 Å². The highest BCUT2D eigenvalue weighted by Crippen LogP contribution is 2.51. The van der Waals surface area contributed by atoms with Gasteiger partial charge in [0.05, 0.1) is 18.7 Å². The first-order valence-corrected chi connectivity index (χ1v) is 9.18. The quantitative estimate of drug-likeness (QED) is 0.622. The maximum atomic E-state index is 12.2. The van der Waals surface area contributed by atoms with Crippen LogP contribution in [-0.4, -0.2) is 24.5 Å². The molecule has 0 aromatic heterocycles. The summed E-state index contributed by atoms with van der Waals surface area (Å²) in [5.41, 5.74) is 2.49. The van der Waals surface area contributed by atoms with Gasteiger partial charge in [0.2, 0.25) is 0 Å². The van der Waals surface area contributed by atoms with Crippen LogP contribution in [0.3, 0.4) is 0 Å². The van der Waals surface area contributed by atoms with E-state index in [1.54, 1.807) is 0 Å². The Bertz CT molecular complexity index is 424. The molecule has 0 saturated heterocycles. The van der Waals surface area contributed by atoms with Crippen molar-refractivity contribution >= 4 is 24.9 Å². The minimum Gasteiger partial charge on any atom is -0.308 e. The largest absolute Gasteiger partial charge is 0.340 e. The zero-order valence-electron chi connectivity index (χ0n) is 11.5. The highest BCUT2D eigenvalue weighted by Gasteiger charge is 2.23. The zero-order chi connectivity index (χ0) is 14.1. The van der Waals surface area contributed by atoms with E-state index in [9.17, 15) is 4.57 Å². The van der Waals surface area contributed by atoms with Gasteiger partial charge in [0.25, 0.3) is 0 Å². The normalized spacial score (nSPS) is 11.5. The average Bonchev–Trinajstić information content (AvgIpc) is 2.40. The lowest BCUT2D eigenvalue weighted by Crippen LogP contribution is -1.99. The van der Waals surface area contributed by atoms with Gasteiger partial charge in [-0.2, -0.15) is 0 Å². The number of benzene rings is 1. The minimum atomic E-state index is -2.95. The van der Waals surface area contributed by atoms with Crippen molar-refractivity contribution in [2.45, 2.75) is 13.8 Å². The summed E-state index contributed by atoms with van der Waals surface area (Å²) in [5, 5.41) is 0. The number of rotatable bonds is 9. The van der Waals surface area contributed by atoms with Crippen molar-refractivity contribution in [1.29, 1.82) is 0 Å². The standard InChI is InChI=1S/C14H21O3PS/c1-4-16-18(15,17-5-2)12-19-11-13(3)14-9-7-6-8-10-14/h6-10H,3-5,11-12H2,1-2H3. The molecule has 1 aromatic carbocycles. The fourth-order valence-corrected chi connectivity index (χ4v) is 4.67. The van der Waals surface area contributed by atoms with E-state index < -0.39 is 7.60 Å².